The van der Waals surface area contributed by atoms with Crippen molar-refractivity contribution in [3.63, 3.8) is 0 Å². The predicted molar refractivity (Wildman–Crippen MR) is 61.2 cm³/mol. The number of hydrogen-bond donors (Lipinski definition) is 2. The van der Waals surface area contributed by atoms with Gasteiger partial charge >= 0.3 is 0 Å². The van der Waals surface area contributed by atoms with Crippen LogP contribution in [0.1, 0.15) is 11.6 Å². The number of alkyl halides is 1. The second-order valence-electron chi connectivity index (χ2n) is 4.28. The minimum atomic E-state index is -0.909. The SMILES string of the molecule is Oc1cc(F)cc(F)c1[C@@H](CF)N1CCNCC1. The third kappa shape index (κ3) is 2.59. The van der Waals surface area contributed by atoms with Crippen LogP contribution in [0.4, 0.5) is 13.2 Å². The summed E-state index contributed by atoms with van der Waals surface area (Å²) in [4.78, 5) is 1.74. The number of nitrogens with zero attached hydrogens (tertiary/aromatic N) is 1. The average Bonchev–Trinajstić information content (AvgIpc) is 2.34. The number of nitrogens with one attached hydrogen (secondary N) is 1. The van der Waals surface area contributed by atoms with Gasteiger partial charge in [-0.3, -0.25) is 4.90 Å². The standard InChI is InChI=1S/C12H15F3N2O/c13-7-10(17-3-1-16-2-4-17)12-9(15)5-8(14)6-11(12)18/h5-6,10,16,18H,1-4,7H2/t10-/m1/s1. The molecule has 100 valence electrons. The monoisotopic (exact) mass is 260 g/mol. The van der Waals surface area contributed by atoms with Crippen LogP contribution in [0.2, 0.25) is 0 Å². The van der Waals surface area contributed by atoms with E-state index in [1.807, 2.05) is 0 Å². The van der Waals surface area contributed by atoms with Crippen molar-refractivity contribution in [1.82, 2.24) is 10.2 Å². The first-order valence-electron chi connectivity index (χ1n) is 5.82. The molecule has 0 saturated carbocycles. The van der Waals surface area contributed by atoms with Crippen LogP contribution in [0.5, 0.6) is 5.75 Å². The average molecular weight is 260 g/mol. The van der Waals surface area contributed by atoms with Crippen LogP contribution in [-0.2, 0) is 0 Å². The molecule has 0 aliphatic carbocycles. The molecule has 1 aliphatic rings. The summed E-state index contributed by atoms with van der Waals surface area (Å²) in [6, 6.07) is 0.608. The van der Waals surface area contributed by atoms with Gasteiger partial charge in [0.25, 0.3) is 0 Å². The molecule has 0 spiro atoms. The van der Waals surface area contributed by atoms with E-state index >= 15 is 0 Å². The molecular formula is C12H15F3N2O. The van der Waals surface area contributed by atoms with Crippen LogP contribution in [0.25, 0.3) is 0 Å². The van der Waals surface area contributed by atoms with Crippen LogP contribution in [0.15, 0.2) is 12.1 Å². The number of phenolic OH excluding ortho intramolecular Hbond substituents is 1. The van der Waals surface area contributed by atoms with Crippen molar-refractivity contribution in [2.45, 2.75) is 6.04 Å². The molecule has 3 nitrogen and oxygen atoms in total. The molecule has 1 aromatic carbocycles. The Morgan fingerprint density at radius 2 is 1.94 bits per heavy atom. The highest BCUT2D eigenvalue weighted by Gasteiger charge is 2.27. The largest absolute Gasteiger partial charge is 0.507 e. The Morgan fingerprint density at radius 1 is 1.28 bits per heavy atom. The fourth-order valence-corrected chi connectivity index (χ4v) is 2.25. The van der Waals surface area contributed by atoms with Crippen molar-refractivity contribution in [1.29, 1.82) is 0 Å². The molecule has 1 aliphatic heterocycles. The third-order valence-corrected chi connectivity index (χ3v) is 3.14. The summed E-state index contributed by atoms with van der Waals surface area (Å²) in [5.41, 5.74) is -0.166. The molecule has 1 aromatic rings. The zero-order valence-corrected chi connectivity index (χ0v) is 9.80. The number of halogens is 3. The maximum Gasteiger partial charge on any atom is 0.134 e. The highest BCUT2D eigenvalue weighted by atomic mass is 19.1. The molecule has 0 amide bonds. The van der Waals surface area contributed by atoms with E-state index in [-0.39, 0.29) is 5.56 Å². The van der Waals surface area contributed by atoms with Gasteiger partial charge in [-0.15, -0.1) is 0 Å². The Bertz CT molecular complexity index is 399. The number of hydrogen-bond acceptors (Lipinski definition) is 3. The van der Waals surface area contributed by atoms with Gasteiger partial charge in [0.2, 0.25) is 0 Å². The third-order valence-electron chi connectivity index (χ3n) is 3.14. The van der Waals surface area contributed by atoms with Crippen molar-refractivity contribution in [2.75, 3.05) is 32.9 Å². The van der Waals surface area contributed by atoms with E-state index in [4.69, 9.17) is 0 Å². The summed E-state index contributed by atoms with van der Waals surface area (Å²) < 4.78 is 39.7. The van der Waals surface area contributed by atoms with E-state index in [1.165, 1.54) is 0 Å². The van der Waals surface area contributed by atoms with E-state index in [2.05, 4.69) is 5.32 Å². The summed E-state index contributed by atoms with van der Waals surface area (Å²) >= 11 is 0. The second kappa shape index (κ2) is 5.58. The number of rotatable bonds is 3. The van der Waals surface area contributed by atoms with E-state index in [0.29, 0.717) is 32.2 Å². The maximum absolute atomic E-state index is 13.7. The van der Waals surface area contributed by atoms with Gasteiger partial charge in [0, 0.05) is 43.9 Å². The van der Waals surface area contributed by atoms with E-state index in [0.717, 1.165) is 6.07 Å². The first-order chi connectivity index (χ1) is 8.63. The zero-order chi connectivity index (χ0) is 13.1. The Kier molecular flexibility index (Phi) is 4.08. The Labute approximate surface area is 103 Å². The molecule has 0 radical (unpaired) electrons. The molecule has 1 saturated heterocycles. The van der Waals surface area contributed by atoms with Gasteiger partial charge in [-0.2, -0.15) is 0 Å². The molecule has 0 aromatic heterocycles. The first-order valence-corrected chi connectivity index (χ1v) is 5.82. The van der Waals surface area contributed by atoms with Crippen LogP contribution in [-0.4, -0.2) is 42.9 Å². The highest BCUT2D eigenvalue weighted by molar-refractivity contribution is 5.37. The lowest BCUT2D eigenvalue weighted by molar-refractivity contribution is 0.142. The molecule has 0 bridgehead atoms. The van der Waals surface area contributed by atoms with Crippen molar-refractivity contribution < 1.29 is 18.3 Å². The Morgan fingerprint density at radius 3 is 2.50 bits per heavy atom. The summed E-state index contributed by atoms with van der Waals surface area (Å²) in [6.07, 6.45) is 0. The summed E-state index contributed by atoms with van der Waals surface area (Å²) in [7, 11) is 0. The predicted octanol–water partition coefficient (Wildman–Crippen LogP) is 1.59. The van der Waals surface area contributed by atoms with Crippen LogP contribution in [0.3, 0.4) is 0 Å². The van der Waals surface area contributed by atoms with E-state index in [9.17, 15) is 18.3 Å². The maximum atomic E-state index is 13.7. The molecule has 18 heavy (non-hydrogen) atoms. The van der Waals surface area contributed by atoms with Crippen molar-refractivity contribution in [3.8, 4) is 5.75 Å². The van der Waals surface area contributed by atoms with E-state index < -0.39 is 30.1 Å². The number of aromatic hydroxyl groups is 1. The van der Waals surface area contributed by atoms with Gasteiger partial charge in [-0.25, -0.2) is 13.2 Å². The van der Waals surface area contributed by atoms with Gasteiger partial charge in [0.1, 0.15) is 24.1 Å². The lowest BCUT2D eigenvalue weighted by Gasteiger charge is -2.34. The smallest absolute Gasteiger partial charge is 0.134 e. The fourth-order valence-electron chi connectivity index (χ4n) is 2.25. The number of piperazine rings is 1. The molecular weight excluding hydrogens is 245 g/mol. The molecule has 2 rings (SSSR count). The molecule has 0 unspecified atom stereocenters. The lowest BCUT2D eigenvalue weighted by Crippen LogP contribution is -2.45. The Hall–Kier alpha value is -1.27. The van der Waals surface area contributed by atoms with Crippen molar-refractivity contribution >= 4 is 0 Å². The summed E-state index contributed by atoms with van der Waals surface area (Å²) in [5.74, 6) is -2.31. The van der Waals surface area contributed by atoms with Crippen molar-refractivity contribution in [3.05, 3.63) is 29.3 Å². The summed E-state index contributed by atoms with van der Waals surface area (Å²) in [5, 5.41) is 12.7. The molecule has 6 heteroatoms. The van der Waals surface area contributed by atoms with E-state index in [1.54, 1.807) is 4.90 Å². The minimum absolute atomic E-state index is 0.166. The van der Waals surface area contributed by atoms with Gasteiger partial charge in [0.05, 0.1) is 6.04 Å². The van der Waals surface area contributed by atoms with Crippen LogP contribution in [0, 0.1) is 11.6 Å². The summed E-state index contributed by atoms with van der Waals surface area (Å²) in [6.45, 7) is 1.66. The van der Waals surface area contributed by atoms with Gasteiger partial charge in [0.15, 0.2) is 0 Å². The lowest BCUT2D eigenvalue weighted by atomic mass is 10.0. The molecule has 1 fully saturated rings. The molecule has 1 atom stereocenters. The highest BCUT2D eigenvalue weighted by Crippen LogP contribution is 2.32. The van der Waals surface area contributed by atoms with Crippen LogP contribution < -0.4 is 5.32 Å². The normalized spacial score (nSPS) is 18.8. The quantitative estimate of drug-likeness (QED) is 0.866. The van der Waals surface area contributed by atoms with Gasteiger partial charge < -0.3 is 10.4 Å². The molecule has 1 heterocycles. The zero-order valence-electron chi connectivity index (χ0n) is 9.80. The fraction of sp³-hybridized carbons (Fsp3) is 0.500. The van der Waals surface area contributed by atoms with Gasteiger partial charge in [-0.05, 0) is 0 Å². The number of phenols is 1. The minimum Gasteiger partial charge on any atom is -0.507 e. The van der Waals surface area contributed by atoms with Gasteiger partial charge in [-0.1, -0.05) is 0 Å². The topological polar surface area (TPSA) is 35.5 Å². The van der Waals surface area contributed by atoms with Crippen molar-refractivity contribution in [2.24, 2.45) is 0 Å². The number of benzene rings is 1. The van der Waals surface area contributed by atoms with Crippen LogP contribution >= 0.6 is 0 Å². The second-order valence-corrected chi connectivity index (χ2v) is 4.28. The first kappa shape index (κ1) is 13.2. The Balaban J connectivity index is 2.32. The molecule has 2 N–H and O–H groups in total.